The van der Waals surface area contributed by atoms with Crippen molar-refractivity contribution < 1.29 is 24.2 Å². The van der Waals surface area contributed by atoms with E-state index in [9.17, 15) is 9.59 Å². The number of methoxy groups -OCH3 is 2. The normalized spacial score (nSPS) is 10.2. The third kappa shape index (κ3) is 3.34. The molecule has 0 fully saturated rings. The molecule has 0 saturated heterocycles. The molecular formula is C12H12O5. The van der Waals surface area contributed by atoms with Crippen LogP contribution in [0.25, 0.3) is 6.08 Å². The summed E-state index contributed by atoms with van der Waals surface area (Å²) in [6.45, 7) is 0. The zero-order valence-electron chi connectivity index (χ0n) is 9.47. The van der Waals surface area contributed by atoms with Crippen molar-refractivity contribution in [2.75, 3.05) is 14.2 Å². The largest absolute Gasteiger partial charge is 0.497 e. The Bertz CT molecular complexity index is 462. The molecule has 0 aromatic heterocycles. The number of carboxylic acids is 1. The van der Waals surface area contributed by atoms with E-state index in [1.807, 2.05) is 0 Å². The Morgan fingerprint density at radius 3 is 2.53 bits per heavy atom. The van der Waals surface area contributed by atoms with E-state index >= 15 is 0 Å². The Balaban J connectivity index is 3.11. The summed E-state index contributed by atoms with van der Waals surface area (Å²) in [4.78, 5) is 21.9. The van der Waals surface area contributed by atoms with Crippen LogP contribution in [0.1, 0.15) is 15.9 Å². The number of ether oxygens (including phenoxy) is 2. The van der Waals surface area contributed by atoms with Gasteiger partial charge in [-0.1, -0.05) is 6.07 Å². The maximum atomic E-state index is 11.0. The van der Waals surface area contributed by atoms with Crippen molar-refractivity contribution in [2.24, 2.45) is 0 Å². The smallest absolute Gasteiger partial charge is 0.336 e. The first-order chi connectivity index (χ1) is 8.08. The predicted molar refractivity (Wildman–Crippen MR) is 61.0 cm³/mol. The van der Waals surface area contributed by atoms with Crippen LogP contribution >= 0.6 is 0 Å². The lowest BCUT2D eigenvalue weighted by Gasteiger charge is -2.04. The van der Waals surface area contributed by atoms with Crippen molar-refractivity contribution in [2.45, 2.75) is 0 Å². The highest BCUT2D eigenvalue weighted by atomic mass is 16.5. The van der Waals surface area contributed by atoms with Crippen molar-refractivity contribution in [1.82, 2.24) is 0 Å². The van der Waals surface area contributed by atoms with Gasteiger partial charge >= 0.3 is 11.9 Å². The second-order valence-electron chi connectivity index (χ2n) is 3.11. The summed E-state index contributed by atoms with van der Waals surface area (Å²) in [5.41, 5.74) is 0.466. The van der Waals surface area contributed by atoms with Crippen LogP contribution < -0.4 is 4.74 Å². The van der Waals surface area contributed by atoms with E-state index in [4.69, 9.17) is 9.84 Å². The second kappa shape index (κ2) is 5.69. The van der Waals surface area contributed by atoms with Gasteiger partial charge in [-0.15, -0.1) is 0 Å². The summed E-state index contributed by atoms with van der Waals surface area (Å²) in [6.07, 6.45) is 2.54. The van der Waals surface area contributed by atoms with Gasteiger partial charge in [0.1, 0.15) is 5.75 Å². The number of rotatable bonds is 4. The Labute approximate surface area is 98.3 Å². The molecule has 0 radical (unpaired) electrons. The highest BCUT2D eigenvalue weighted by Crippen LogP contribution is 2.19. The minimum absolute atomic E-state index is 0.0597. The first-order valence-electron chi connectivity index (χ1n) is 4.76. The molecule has 1 rings (SSSR count). The van der Waals surface area contributed by atoms with Gasteiger partial charge in [-0.2, -0.15) is 0 Å². The van der Waals surface area contributed by atoms with Crippen LogP contribution in [-0.2, 0) is 9.53 Å². The van der Waals surface area contributed by atoms with E-state index in [0.29, 0.717) is 11.3 Å². The molecule has 1 N–H and O–H groups in total. The Kier molecular flexibility index (Phi) is 4.28. The van der Waals surface area contributed by atoms with Crippen molar-refractivity contribution in [3.8, 4) is 5.75 Å². The van der Waals surface area contributed by atoms with E-state index in [1.165, 1.54) is 26.4 Å². The molecule has 17 heavy (non-hydrogen) atoms. The first kappa shape index (κ1) is 12.8. The summed E-state index contributed by atoms with van der Waals surface area (Å²) in [6, 6.07) is 4.56. The van der Waals surface area contributed by atoms with Gasteiger partial charge in [0.15, 0.2) is 0 Å². The SMILES string of the molecule is COC(=O)C=Cc1ccc(OC)cc1C(=O)O. The monoisotopic (exact) mass is 236 g/mol. The molecule has 0 bridgehead atoms. The molecule has 1 aromatic carbocycles. The fraction of sp³-hybridized carbons (Fsp3) is 0.167. The average Bonchev–Trinajstić information content (AvgIpc) is 2.35. The number of hydrogen-bond donors (Lipinski definition) is 1. The minimum atomic E-state index is -1.09. The van der Waals surface area contributed by atoms with Gasteiger partial charge in [-0.05, 0) is 23.8 Å². The van der Waals surface area contributed by atoms with Crippen LogP contribution in [0.5, 0.6) is 5.75 Å². The molecule has 0 heterocycles. The molecule has 0 aliphatic heterocycles. The van der Waals surface area contributed by atoms with E-state index in [-0.39, 0.29) is 5.56 Å². The highest BCUT2D eigenvalue weighted by Gasteiger charge is 2.09. The fourth-order valence-electron chi connectivity index (χ4n) is 1.22. The quantitative estimate of drug-likeness (QED) is 0.634. The number of carbonyl (C=O) groups is 2. The van der Waals surface area contributed by atoms with Gasteiger partial charge in [-0.3, -0.25) is 0 Å². The van der Waals surface area contributed by atoms with Crippen LogP contribution in [0.4, 0.5) is 0 Å². The van der Waals surface area contributed by atoms with Gasteiger partial charge in [-0.25, -0.2) is 9.59 Å². The molecule has 0 spiro atoms. The lowest BCUT2D eigenvalue weighted by Crippen LogP contribution is -2.01. The highest BCUT2D eigenvalue weighted by molar-refractivity contribution is 5.95. The Hall–Kier alpha value is -2.30. The predicted octanol–water partition coefficient (Wildman–Crippen LogP) is 1.58. The molecule has 5 nitrogen and oxygen atoms in total. The zero-order valence-corrected chi connectivity index (χ0v) is 9.47. The molecule has 0 amide bonds. The maximum Gasteiger partial charge on any atom is 0.336 e. The standard InChI is InChI=1S/C12H12O5/c1-16-9-5-3-8(4-6-11(13)17-2)10(7-9)12(14)15/h3-7H,1-2H3,(H,14,15). The summed E-state index contributed by atoms with van der Waals surface area (Å²) >= 11 is 0. The lowest BCUT2D eigenvalue weighted by molar-refractivity contribution is -0.134. The molecular weight excluding hydrogens is 224 g/mol. The van der Waals surface area contributed by atoms with Gasteiger partial charge < -0.3 is 14.6 Å². The topological polar surface area (TPSA) is 72.8 Å². The summed E-state index contributed by atoms with van der Waals surface area (Å²) < 4.78 is 9.35. The molecule has 0 aliphatic rings. The van der Waals surface area contributed by atoms with Crippen molar-refractivity contribution in [3.63, 3.8) is 0 Å². The average molecular weight is 236 g/mol. The third-order valence-electron chi connectivity index (χ3n) is 2.09. The van der Waals surface area contributed by atoms with Crippen molar-refractivity contribution in [1.29, 1.82) is 0 Å². The Morgan fingerprint density at radius 2 is 2.00 bits per heavy atom. The molecule has 5 heteroatoms. The molecule has 0 aliphatic carbocycles. The van der Waals surface area contributed by atoms with Gasteiger partial charge in [0.2, 0.25) is 0 Å². The van der Waals surface area contributed by atoms with E-state index < -0.39 is 11.9 Å². The number of benzene rings is 1. The summed E-state index contributed by atoms with van der Waals surface area (Å²) in [7, 11) is 2.70. The molecule has 90 valence electrons. The number of carbonyl (C=O) groups excluding carboxylic acids is 1. The van der Waals surface area contributed by atoms with E-state index in [0.717, 1.165) is 6.08 Å². The van der Waals surface area contributed by atoms with E-state index in [1.54, 1.807) is 12.1 Å². The van der Waals surface area contributed by atoms with Gasteiger partial charge in [0, 0.05) is 6.08 Å². The number of hydrogen-bond acceptors (Lipinski definition) is 4. The van der Waals surface area contributed by atoms with Gasteiger partial charge in [0.05, 0.1) is 19.8 Å². The van der Waals surface area contributed by atoms with Gasteiger partial charge in [0.25, 0.3) is 0 Å². The summed E-state index contributed by atoms with van der Waals surface area (Å²) in [5.74, 6) is -1.19. The van der Waals surface area contributed by atoms with Crippen LogP contribution in [0, 0.1) is 0 Å². The Morgan fingerprint density at radius 1 is 1.29 bits per heavy atom. The molecule has 0 atom stereocenters. The number of carboxylic acid groups (broad SMARTS) is 1. The molecule has 0 saturated carbocycles. The number of esters is 1. The zero-order chi connectivity index (χ0) is 12.8. The minimum Gasteiger partial charge on any atom is -0.497 e. The lowest BCUT2D eigenvalue weighted by atomic mass is 10.1. The fourth-order valence-corrected chi connectivity index (χ4v) is 1.22. The van der Waals surface area contributed by atoms with Crippen LogP contribution in [0.15, 0.2) is 24.3 Å². The molecule has 0 unspecified atom stereocenters. The third-order valence-corrected chi connectivity index (χ3v) is 2.09. The van der Waals surface area contributed by atoms with E-state index in [2.05, 4.69) is 4.74 Å². The van der Waals surface area contributed by atoms with Crippen LogP contribution in [0.2, 0.25) is 0 Å². The number of aromatic carboxylic acids is 1. The van der Waals surface area contributed by atoms with Crippen molar-refractivity contribution >= 4 is 18.0 Å². The van der Waals surface area contributed by atoms with Crippen molar-refractivity contribution in [3.05, 3.63) is 35.4 Å². The molecule has 1 aromatic rings. The van der Waals surface area contributed by atoms with Crippen LogP contribution in [-0.4, -0.2) is 31.3 Å². The second-order valence-corrected chi connectivity index (χ2v) is 3.11. The summed E-state index contributed by atoms with van der Waals surface area (Å²) in [5, 5.41) is 9.00. The van der Waals surface area contributed by atoms with Crippen LogP contribution in [0.3, 0.4) is 0 Å². The first-order valence-corrected chi connectivity index (χ1v) is 4.76. The maximum absolute atomic E-state index is 11.0.